The molecule has 0 amide bonds. The first kappa shape index (κ1) is 21.1. The number of hydrogen-bond acceptors (Lipinski definition) is 5. The van der Waals surface area contributed by atoms with E-state index in [0.717, 1.165) is 77.8 Å². The van der Waals surface area contributed by atoms with Gasteiger partial charge in [-0.25, -0.2) is 0 Å². The second-order valence-corrected chi connectivity index (χ2v) is 9.58. The molecule has 0 spiro atoms. The van der Waals surface area contributed by atoms with Crippen molar-refractivity contribution in [3.63, 3.8) is 0 Å². The van der Waals surface area contributed by atoms with Crippen molar-refractivity contribution in [2.75, 3.05) is 65.6 Å². The summed E-state index contributed by atoms with van der Waals surface area (Å²) in [6.45, 7) is 13.6. The Morgan fingerprint density at radius 1 is 1.14 bits per heavy atom. The van der Waals surface area contributed by atoms with Crippen molar-refractivity contribution < 1.29 is 4.74 Å². The minimum absolute atomic E-state index is 0.205. The molecule has 4 rings (SSSR count). The molecule has 3 aliphatic heterocycles. The van der Waals surface area contributed by atoms with Crippen LogP contribution in [0, 0.1) is 0 Å². The van der Waals surface area contributed by atoms with Crippen LogP contribution in [0.3, 0.4) is 0 Å². The Bertz CT molecular complexity index is 630. The Balaban J connectivity index is 1.38. The van der Waals surface area contributed by atoms with E-state index in [-0.39, 0.29) is 5.54 Å². The van der Waals surface area contributed by atoms with Crippen molar-refractivity contribution in [3.8, 4) is 0 Å². The summed E-state index contributed by atoms with van der Waals surface area (Å²) in [5.41, 5.74) is 0.205. The molecule has 1 aromatic rings. The van der Waals surface area contributed by atoms with E-state index in [9.17, 15) is 0 Å². The first-order chi connectivity index (χ1) is 14.3. The number of thiophene rings is 1. The molecule has 0 aliphatic carbocycles. The van der Waals surface area contributed by atoms with Crippen molar-refractivity contribution >= 4 is 17.3 Å². The molecular formula is C22H37N5OS. The highest BCUT2D eigenvalue weighted by Gasteiger charge is 2.39. The van der Waals surface area contributed by atoms with E-state index in [1.165, 1.54) is 30.8 Å². The van der Waals surface area contributed by atoms with E-state index in [1.54, 1.807) is 0 Å². The van der Waals surface area contributed by atoms with Crippen LogP contribution in [0.25, 0.3) is 0 Å². The van der Waals surface area contributed by atoms with Crippen molar-refractivity contribution in [3.05, 3.63) is 22.4 Å². The predicted octanol–water partition coefficient (Wildman–Crippen LogP) is 2.48. The van der Waals surface area contributed by atoms with Gasteiger partial charge >= 0.3 is 0 Å². The lowest BCUT2D eigenvalue weighted by Gasteiger charge is -2.44. The van der Waals surface area contributed by atoms with Gasteiger partial charge in [0.25, 0.3) is 0 Å². The highest BCUT2D eigenvalue weighted by Crippen LogP contribution is 2.31. The number of nitrogens with zero attached hydrogens (tertiary/aromatic N) is 4. The van der Waals surface area contributed by atoms with Crippen molar-refractivity contribution in [1.29, 1.82) is 0 Å². The molecule has 29 heavy (non-hydrogen) atoms. The standard InChI is InChI=1S/C22H37N5OS/c1-2-23-21(26-13-11-25(12-14-26)18-20-6-5-17-29-20)24-19-22(7-15-28-16-8-22)27-9-3-4-10-27/h5-6,17H,2-4,7-16,18-19H2,1H3,(H,23,24). The number of guanidine groups is 1. The van der Waals surface area contributed by atoms with Gasteiger partial charge in [0.15, 0.2) is 5.96 Å². The molecule has 0 aromatic carbocycles. The topological polar surface area (TPSA) is 43.3 Å². The zero-order valence-electron chi connectivity index (χ0n) is 17.9. The zero-order chi connectivity index (χ0) is 19.9. The summed E-state index contributed by atoms with van der Waals surface area (Å²) in [5.74, 6) is 1.10. The predicted molar refractivity (Wildman–Crippen MR) is 121 cm³/mol. The Morgan fingerprint density at radius 3 is 2.55 bits per heavy atom. The van der Waals surface area contributed by atoms with Gasteiger partial charge in [-0.1, -0.05) is 6.07 Å². The first-order valence-corrected chi connectivity index (χ1v) is 12.3. The largest absolute Gasteiger partial charge is 0.381 e. The van der Waals surface area contributed by atoms with Crippen LogP contribution in [0.5, 0.6) is 0 Å². The lowest BCUT2D eigenvalue weighted by Crippen LogP contribution is -2.55. The van der Waals surface area contributed by atoms with Crippen LogP contribution in [-0.2, 0) is 11.3 Å². The molecule has 1 N–H and O–H groups in total. The maximum Gasteiger partial charge on any atom is 0.194 e. The van der Waals surface area contributed by atoms with Gasteiger partial charge in [0.2, 0.25) is 0 Å². The number of hydrogen-bond donors (Lipinski definition) is 1. The number of ether oxygens (including phenoxy) is 1. The molecule has 0 unspecified atom stereocenters. The van der Waals surface area contributed by atoms with E-state index in [2.05, 4.69) is 44.5 Å². The maximum absolute atomic E-state index is 5.70. The normalized spacial score (nSPS) is 24.2. The Labute approximate surface area is 179 Å². The lowest BCUT2D eigenvalue weighted by atomic mass is 9.88. The SMILES string of the molecule is CCNC(=NCC1(N2CCCC2)CCOCC1)N1CCN(Cc2cccs2)CC1. The highest BCUT2D eigenvalue weighted by atomic mass is 32.1. The van der Waals surface area contributed by atoms with Crippen molar-refractivity contribution in [1.82, 2.24) is 20.0 Å². The third-order valence-electron chi connectivity index (χ3n) is 6.69. The summed E-state index contributed by atoms with van der Waals surface area (Å²) in [4.78, 5) is 14.4. The third kappa shape index (κ3) is 5.32. The highest BCUT2D eigenvalue weighted by molar-refractivity contribution is 7.09. The van der Waals surface area contributed by atoms with Gasteiger partial charge in [-0.05, 0) is 57.1 Å². The average molecular weight is 420 g/mol. The third-order valence-corrected chi connectivity index (χ3v) is 7.55. The van der Waals surface area contributed by atoms with Gasteiger partial charge in [0.1, 0.15) is 0 Å². The summed E-state index contributed by atoms with van der Waals surface area (Å²) < 4.78 is 5.70. The molecule has 7 heteroatoms. The van der Waals surface area contributed by atoms with Crippen LogP contribution in [0.1, 0.15) is 37.5 Å². The molecular weight excluding hydrogens is 382 g/mol. The minimum atomic E-state index is 0.205. The summed E-state index contributed by atoms with van der Waals surface area (Å²) in [6.07, 6.45) is 4.90. The van der Waals surface area contributed by atoms with Crippen molar-refractivity contribution in [2.45, 2.75) is 44.7 Å². The number of rotatable bonds is 6. The summed E-state index contributed by atoms with van der Waals surface area (Å²) >= 11 is 1.86. The molecule has 4 heterocycles. The van der Waals surface area contributed by atoms with Crippen LogP contribution in [-0.4, -0.2) is 91.8 Å². The molecule has 3 fully saturated rings. The molecule has 3 saturated heterocycles. The summed E-state index contributed by atoms with van der Waals surface area (Å²) in [5, 5.41) is 5.74. The van der Waals surface area contributed by atoms with Gasteiger partial charge in [-0.15, -0.1) is 11.3 Å². The second-order valence-electron chi connectivity index (χ2n) is 8.54. The first-order valence-electron chi connectivity index (χ1n) is 11.4. The maximum atomic E-state index is 5.70. The Morgan fingerprint density at radius 2 is 1.90 bits per heavy atom. The van der Waals surface area contributed by atoms with Gasteiger partial charge in [-0.2, -0.15) is 0 Å². The van der Waals surface area contributed by atoms with Crippen LogP contribution in [0.2, 0.25) is 0 Å². The van der Waals surface area contributed by atoms with E-state index in [4.69, 9.17) is 9.73 Å². The fraction of sp³-hybridized carbons (Fsp3) is 0.773. The van der Waals surface area contributed by atoms with Gasteiger partial charge < -0.3 is 15.0 Å². The van der Waals surface area contributed by atoms with Crippen LogP contribution >= 0.6 is 11.3 Å². The number of piperazine rings is 1. The number of aliphatic imine (C=N–C) groups is 1. The quantitative estimate of drug-likeness (QED) is 0.567. The summed E-state index contributed by atoms with van der Waals surface area (Å²) in [6, 6.07) is 4.40. The smallest absolute Gasteiger partial charge is 0.194 e. The lowest BCUT2D eigenvalue weighted by molar-refractivity contribution is -0.0140. The van der Waals surface area contributed by atoms with E-state index in [1.807, 2.05) is 11.3 Å². The molecule has 0 radical (unpaired) electrons. The van der Waals surface area contributed by atoms with Gasteiger partial charge in [0.05, 0.1) is 6.54 Å². The molecule has 0 bridgehead atoms. The fourth-order valence-electron chi connectivity index (χ4n) is 4.91. The number of nitrogens with one attached hydrogen (secondary N) is 1. The Kier molecular flexibility index (Phi) is 7.45. The van der Waals surface area contributed by atoms with Crippen LogP contribution < -0.4 is 5.32 Å². The molecule has 1 aromatic heterocycles. The van der Waals surface area contributed by atoms with E-state index < -0.39 is 0 Å². The van der Waals surface area contributed by atoms with E-state index in [0.29, 0.717) is 0 Å². The molecule has 6 nitrogen and oxygen atoms in total. The Hall–Kier alpha value is -1.15. The van der Waals surface area contributed by atoms with E-state index >= 15 is 0 Å². The zero-order valence-corrected chi connectivity index (χ0v) is 18.8. The van der Waals surface area contributed by atoms with Crippen LogP contribution in [0.15, 0.2) is 22.5 Å². The van der Waals surface area contributed by atoms with Crippen LogP contribution in [0.4, 0.5) is 0 Å². The molecule has 162 valence electrons. The summed E-state index contributed by atoms with van der Waals surface area (Å²) in [7, 11) is 0. The molecule has 0 atom stereocenters. The second kappa shape index (κ2) is 10.2. The molecule has 0 saturated carbocycles. The minimum Gasteiger partial charge on any atom is -0.381 e. The van der Waals surface area contributed by atoms with Gasteiger partial charge in [0, 0.05) is 62.9 Å². The average Bonchev–Trinajstić information content (AvgIpc) is 3.47. The monoisotopic (exact) mass is 419 g/mol. The fourth-order valence-corrected chi connectivity index (χ4v) is 5.65. The number of likely N-dealkylation sites (tertiary alicyclic amines) is 1. The van der Waals surface area contributed by atoms with Crippen molar-refractivity contribution in [2.24, 2.45) is 4.99 Å². The van der Waals surface area contributed by atoms with Gasteiger partial charge in [-0.3, -0.25) is 14.8 Å². The molecule has 3 aliphatic rings.